The summed E-state index contributed by atoms with van der Waals surface area (Å²) in [7, 11) is 0. The fraction of sp³-hybridized carbons (Fsp3) is 0.438. The van der Waals surface area contributed by atoms with Crippen molar-refractivity contribution in [1.82, 2.24) is 15.2 Å². The van der Waals surface area contributed by atoms with E-state index in [-0.39, 0.29) is 12.6 Å². The molecular formula is C16H21N3O2. The number of H-pyrrole nitrogens is 1. The van der Waals surface area contributed by atoms with Crippen molar-refractivity contribution in [3.63, 3.8) is 0 Å². The molecule has 1 fully saturated rings. The number of aliphatic hydroxyl groups is 1. The number of fused-ring (bicyclic) bond motifs is 1. The number of hydrogen-bond donors (Lipinski definition) is 3. The zero-order valence-electron chi connectivity index (χ0n) is 12.0. The molecule has 0 saturated heterocycles. The van der Waals surface area contributed by atoms with E-state index in [9.17, 15) is 4.79 Å². The molecule has 1 heterocycles. The molecule has 3 N–H and O–H groups in total. The Morgan fingerprint density at radius 2 is 2.19 bits per heavy atom. The highest BCUT2D eigenvalue weighted by Crippen LogP contribution is 2.26. The summed E-state index contributed by atoms with van der Waals surface area (Å²) in [5.74, 6) is 0. The quantitative estimate of drug-likeness (QED) is 0.759. The average molecular weight is 287 g/mol. The van der Waals surface area contributed by atoms with E-state index in [0.29, 0.717) is 19.1 Å². The number of carbonyl (C=O) groups is 1. The molecule has 0 bridgehead atoms. The summed E-state index contributed by atoms with van der Waals surface area (Å²) in [4.78, 5) is 17.1. The van der Waals surface area contributed by atoms with Gasteiger partial charge in [-0.1, -0.05) is 18.2 Å². The third-order valence-corrected chi connectivity index (χ3v) is 3.93. The van der Waals surface area contributed by atoms with E-state index in [1.807, 2.05) is 24.4 Å². The molecule has 2 aromatic rings. The number of aromatic amines is 1. The lowest BCUT2D eigenvalue weighted by Crippen LogP contribution is -2.43. The summed E-state index contributed by atoms with van der Waals surface area (Å²) < 4.78 is 0. The van der Waals surface area contributed by atoms with Gasteiger partial charge in [0.2, 0.25) is 0 Å². The number of rotatable bonds is 6. The maximum atomic E-state index is 12.1. The molecular weight excluding hydrogens is 266 g/mol. The van der Waals surface area contributed by atoms with E-state index in [0.717, 1.165) is 24.8 Å². The zero-order chi connectivity index (χ0) is 14.7. The minimum atomic E-state index is -0.0635. The Morgan fingerprint density at radius 1 is 1.38 bits per heavy atom. The van der Waals surface area contributed by atoms with E-state index < -0.39 is 0 Å². The van der Waals surface area contributed by atoms with Crippen LogP contribution in [0.4, 0.5) is 4.79 Å². The van der Waals surface area contributed by atoms with Gasteiger partial charge in [0.05, 0.1) is 6.61 Å². The van der Waals surface area contributed by atoms with Crippen LogP contribution in [-0.2, 0) is 6.42 Å². The molecule has 1 aliphatic rings. The first-order chi connectivity index (χ1) is 10.3. The number of carbonyl (C=O) groups excluding carboxylic acids is 1. The normalized spacial score (nSPS) is 14.3. The van der Waals surface area contributed by atoms with E-state index in [4.69, 9.17) is 5.11 Å². The Hall–Kier alpha value is -2.01. The minimum Gasteiger partial charge on any atom is -0.395 e. The molecule has 112 valence electrons. The van der Waals surface area contributed by atoms with Crippen LogP contribution in [0.5, 0.6) is 0 Å². The molecule has 5 nitrogen and oxygen atoms in total. The number of aromatic nitrogens is 1. The minimum absolute atomic E-state index is 0.0202. The van der Waals surface area contributed by atoms with Crippen LogP contribution >= 0.6 is 0 Å². The Labute approximate surface area is 124 Å². The molecule has 3 rings (SSSR count). The number of nitrogens with zero attached hydrogens (tertiary/aromatic N) is 1. The van der Waals surface area contributed by atoms with E-state index in [1.54, 1.807) is 4.90 Å². The third-order valence-electron chi connectivity index (χ3n) is 3.93. The van der Waals surface area contributed by atoms with Gasteiger partial charge in [-0.25, -0.2) is 4.79 Å². The van der Waals surface area contributed by atoms with Crippen molar-refractivity contribution in [3.05, 3.63) is 36.0 Å². The van der Waals surface area contributed by atoms with Gasteiger partial charge in [-0.05, 0) is 30.9 Å². The van der Waals surface area contributed by atoms with Crippen molar-refractivity contribution in [2.24, 2.45) is 0 Å². The van der Waals surface area contributed by atoms with Crippen molar-refractivity contribution in [3.8, 4) is 0 Å². The highest BCUT2D eigenvalue weighted by atomic mass is 16.3. The van der Waals surface area contributed by atoms with Crippen molar-refractivity contribution in [2.45, 2.75) is 25.3 Å². The van der Waals surface area contributed by atoms with Crippen LogP contribution < -0.4 is 5.32 Å². The first-order valence-electron chi connectivity index (χ1n) is 7.50. The monoisotopic (exact) mass is 287 g/mol. The van der Waals surface area contributed by atoms with Crippen LogP contribution in [0.3, 0.4) is 0 Å². The van der Waals surface area contributed by atoms with Crippen molar-refractivity contribution < 1.29 is 9.90 Å². The van der Waals surface area contributed by atoms with Gasteiger partial charge in [-0.3, -0.25) is 0 Å². The van der Waals surface area contributed by atoms with Crippen LogP contribution in [-0.4, -0.2) is 46.8 Å². The van der Waals surface area contributed by atoms with Crippen molar-refractivity contribution in [2.75, 3.05) is 19.7 Å². The summed E-state index contributed by atoms with van der Waals surface area (Å²) in [5.41, 5.74) is 2.34. The molecule has 5 heteroatoms. The van der Waals surface area contributed by atoms with Gasteiger partial charge >= 0.3 is 6.03 Å². The number of nitrogens with one attached hydrogen (secondary N) is 2. The third kappa shape index (κ3) is 3.19. The van der Waals surface area contributed by atoms with Crippen LogP contribution in [0.2, 0.25) is 0 Å². The van der Waals surface area contributed by atoms with Crippen LogP contribution in [0.25, 0.3) is 10.9 Å². The van der Waals surface area contributed by atoms with Gasteiger partial charge in [-0.2, -0.15) is 0 Å². The molecule has 1 aromatic carbocycles. The number of urea groups is 1. The average Bonchev–Trinajstić information content (AvgIpc) is 3.26. The largest absolute Gasteiger partial charge is 0.395 e. The number of aliphatic hydroxyl groups excluding tert-OH is 1. The second-order valence-corrected chi connectivity index (χ2v) is 5.49. The Bertz CT molecular complexity index is 619. The van der Waals surface area contributed by atoms with E-state index in [1.165, 1.54) is 10.9 Å². The standard InChI is InChI=1S/C16H21N3O2/c20-10-9-19(13-5-6-13)16(21)17-8-7-12-11-18-15-4-2-1-3-14(12)15/h1-4,11,13,18,20H,5-10H2,(H,17,21). The van der Waals surface area contributed by atoms with Gasteiger partial charge in [0.1, 0.15) is 0 Å². The van der Waals surface area contributed by atoms with Gasteiger partial charge in [-0.15, -0.1) is 0 Å². The first-order valence-corrected chi connectivity index (χ1v) is 7.50. The fourth-order valence-corrected chi connectivity index (χ4v) is 2.69. The molecule has 0 aliphatic heterocycles. The van der Waals surface area contributed by atoms with Gasteiger partial charge in [0.25, 0.3) is 0 Å². The molecule has 1 aliphatic carbocycles. The molecule has 0 unspecified atom stereocenters. The Morgan fingerprint density at radius 3 is 2.95 bits per heavy atom. The van der Waals surface area contributed by atoms with Gasteiger partial charge < -0.3 is 20.3 Å². The van der Waals surface area contributed by atoms with Crippen LogP contribution in [0, 0.1) is 0 Å². The van der Waals surface area contributed by atoms with Crippen molar-refractivity contribution in [1.29, 1.82) is 0 Å². The van der Waals surface area contributed by atoms with E-state index >= 15 is 0 Å². The predicted octanol–water partition coefficient (Wildman–Crippen LogP) is 1.88. The molecule has 2 amide bonds. The Balaban J connectivity index is 1.54. The SMILES string of the molecule is O=C(NCCc1c[nH]c2ccccc12)N(CCO)C1CC1. The summed E-state index contributed by atoms with van der Waals surface area (Å²) in [6, 6.07) is 8.43. The highest BCUT2D eigenvalue weighted by Gasteiger charge is 2.31. The number of benzene rings is 1. The molecule has 1 aromatic heterocycles. The summed E-state index contributed by atoms with van der Waals surface area (Å²) in [6.07, 6.45) is 4.91. The summed E-state index contributed by atoms with van der Waals surface area (Å²) in [5, 5.41) is 13.2. The number of hydrogen-bond acceptors (Lipinski definition) is 2. The second-order valence-electron chi connectivity index (χ2n) is 5.49. The summed E-state index contributed by atoms with van der Waals surface area (Å²) in [6.45, 7) is 1.05. The van der Waals surface area contributed by atoms with E-state index in [2.05, 4.69) is 16.4 Å². The lowest BCUT2D eigenvalue weighted by Gasteiger charge is -2.21. The molecule has 1 saturated carbocycles. The first kappa shape index (κ1) is 13.9. The molecule has 0 spiro atoms. The Kier molecular flexibility index (Phi) is 4.10. The second kappa shape index (κ2) is 6.18. The maximum Gasteiger partial charge on any atom is 0.317 e. The van der Waals surface area contributed by atoms with Gasteiger partial charge in [0, 0.05) is 36.2 Å². The lowest BCUT2D eigenvalue weighted by molar-refractivity contribution is 0.174. The molecule has 0 radical (unpaired) electrons. The molecule has 0 atom stereocenters. The topological polar surface area (TPSA) is 68.4 Å². The smallest absolute Gasteiger partial charge is 0.317 e. The zero-order valence-corrected chi connectivity index (χ0v) is 12.0. The predicted molar refractivity (Wildman–Crippen MR) is 82.2 cm³/mol. The number of amides is 2. The maximum absolute atomic E-state index is 12.1. The van der Waals surface area contributed by atoms with Gasteiger partial charge in [0.15, 0.2) is 0 Å². The van der Waals surface area contributed by atoms with Crippen LogP contribution in [0.15, 0.2) is 30.5 Å². The van der Waals surface area contributed by atoms with Crippen LogP contribution in [0.1, 0.15) is 18.4 Å². The highest BCUT2D eigenvalue weighted by molar-refractivity contribution is 5.83. The molecule has 21 heavy (non-hydrogen) atoms. The summed E-state index contributed by atoms with van der Waals surface area (Å²) >= 11 is 0. The van der Waals surface area contributed by atoms with Crippen molar-refractivity contribution >= 4 is 16.9 Å². The lowest BCUT2D eigenvalue weighted by atomic mass is 10.1. The number of para-hydroxylation sites is 1. The fourth-order valence-electron chi connectivity index (χ4n) is 2.69.